The number of ketones is 1. The Bertz CT molecular complexity index is 452. The van der Waals surface area contributed by atoms with Crippen LogP contribution in [-0.4, -0.2) is 28.1 Å². The molecule has 0 amide bonds. The van der Waals surface area contributed by atoms with Gasteiger partial charge in [-0.05, 0) is 11.5 Å². The Labute approximate surface area is 125 Å². The second kappa shape index (κ2) is 6.68. The lowest BCUT2D eigenvalue weighted by Crippen LogP contribution is -2.41. The summed E-state index contributed by atoms with van der Waals surface area (Å²) in [5.41, 5.74) is 6.58. The van der Waals surface area contributed by atoms with E-state index in [0.717, 1.165) is 0 Å². The Morgan fingerprint density at radius 2 is 1.65 bits per heavy atom. The number of hydrogen-bond acceptors (Lipinski definition) is 4. The molecule has 20 heavy (non-hydrogen) atoms. The number of nitrogens with two attached hydrogens (primary N) is 1. The van der Waals surface area contributed by atoms with Gasteiger partial charge in [0, 0.05) is 6.04 Å². The molecule has 0 heterocycles. The molecule has 1 fully saturated rings. The van der Waals surface area contributed by atoms with Crippen molar-refractivity contribution in [2.24, 2.45) is 23.5 Å². The van der Waals surface area contributed by atoms with Crippen LogP contribution in [0.1, 0.15) is 25.5 Å². The first-order valence-corrected chi connectivity index (χ1v) is 6.65. The van der Waals surface area contributed by atoms with E-state index in [4.69, 9.17) is 5.73 Å². The zero-order chi connectivity index (χ0) is 14.2. The van der Waals surface area contributed by atoms with Crippen molar-refractivity contribution in [1.82, 2.24) is 0 Å². The highest BCUT2D eigenvalue weighted by Gasteiger charge is 2.58. The highest BCUT2D eigenvalue weighted by molar-refractivity contribution is 6.00. The molecule has 5 atom stereocenters. The fraction of sp³-hybridized carbons (Fsp3) is 0.533. The Morgan fingerprint density at radius 3 is 2.15 bits per heavy atom. The number of aliphatic hydroxyl groups excluding tert-OH is 2. The third kappa shape index (κ3) is 3.20. The van der Waals surface area contributed by atoms with Crippen LogP contribution in [0, 0.1) is 17.8 Å². The van der Waals surface area contributed by atoms with Gasteiger partial charge in [-0.2, -0.15) is 0 Å². The predicted octanol–water partition coefficient (Wildman–Crippen LogP) is 1.30. The zero-order valence-corrected chi connectivity index (χ0v) is 12.5. The van der Waals surface area contributed by atoms with Gasteiger partial charge >= 0.3 is 0 Å². The van der Waals surface area contributed by atoms with Crippen molar-refractivity contribution >= 4 is 18.2 Å². The van der Waals surface area contributed by atoms with Gasteiger partial charge in [0.05, 0.1) is 24.0 Å². The van der Waals surface area contributed by atoms with Crippen molar-refractivity contribution in [1.29, 1.82) is 0 Å². The van der Waals surface area contributed by atoms with Crippen LogP contribution >= 0.6 is 12.4 Å². The molecule has 1 aliphatic rings. The topological polar surface area (TPSA) is 83.5 Å². The number of Topliss-reactive ketones (excluding diaryl/α,β-unsaturated/α-hetero) is 1. The van der Waals surface area contributed by atoms with Crippen LogP contribution in [0.15, 0.2) is 30.3 Å². The van der Waals surface area contributed by atoms with Crippen molar-refractivity contribution in [2.75, 3.05) is 0 Å². The number of carbonyl (C=O) groups excluding carboxylic acids is 1. The summed E-state index contributed by atoms with van der Waals surface area (Å²) in [7, 11) is 0. The highest BCUT2D eigenvalue weighted by Crippen LogP contribution is 2.46. The molecule has 0 aliphatic heterocycles. The second-order valence-corrected chi connectivity index (χ2v) is 5.62. The molecule has 0 saturated heterocycles. The van der Waals surface area contributed by atoms with Crippen LogP contribution in [0.5, 0.6) is 0 Å². The summed E-state index contributed by atoms with van der Waals surface area (Å²) in [6.07, 6.45) is -1.73. The van der Waals surface area contributed by atoms with E-state index in [0.29, 0.717) is 5.56 Å². The van der Waals surface area contributed by atoms with Gasteiger partial charge in [0.2, 0.25) is 0 Å². The summed E-state index contributed by atoms with van der Waals surface area (Å²) >= 11 is 0. The molecule has 1 saturated carbocycles. The first-order chi connectivity index (χ1) is 8.95. The molecule has 2 rings (SSSR count). The summed E-state index contributed by atoms with van der Waals surface area (Å²) in [5.74, 6) is -1.06. The van der Waals surface area contributed by atoms with Gasteiger partial charge in [0.1, 0.15) is 5.78 Å². The summed E-state index contributed by atoms with van der Waals surface area (Å²) < 4.78 is 0. The molecule has 1 aromatic carbocycles. The van der Waals surface area contributed by atoms with Gasteiger partial charge in [-0.15, -0.1) is 12.4 Å². The largest absolute Gasteiger partial charge is 0.391 e. The summed E-state index contributed by atoms with van der Waals surface area (Å²) in [6, 6.07) is 8.60. The van der Waals surface area contributed by atoms with E-state index < -0.39 is 30.1 Å². The van der Waals surface area contributed by atoms with Crippen LogP contribution in [0.3, 0.4) is 0 Å². The van der Waals surface area contributed by atoms with Crippen LogP contribution in [0.4, 0.5) is 0 Å². The Kier molecular flexibility index (Phi) is 5.71. The lowest BCUT2D eigenvalue weighted by atomic mass is 9.94. The van der Waals surface area contributed by atoms with Gasteiger partial charge in [-0.3, -0.25) is 4.79 Å². The predicted molar refractivity (Wildman–Crippen MR) is 79.5 cm³/mol. The van der Waals surface area contributed by atoms with Gasteiger partial charge in [-0.1, -0.05) is 44.2 Å². The molecular formula is C15H22ClNO3. The lowest BCUT2D eigenvalue weighted by molar-refractivity contribution is -0.113. The van der Waals surface area contributed by atoms with Crippen LogP contribution in [0.2, 0.25) is 0 Å². The standard InChI is InChI=1S/C15H21NO3.ClH/c1-8(2)12(16)15(19)11-10(14(11)18)13(17)9-6-4-3-5-7-9;/h3-8,10-13,15,17,19H,16H2,1-2H3;1H/t10?,11?,12-,13?,15?;/m0./s1. The van der Waals surface area contributed by atoms with Gasteiger partial charge in [0.25, 0.3) is 0 Å². The molecule has 5 heteroatoms. The smallest absolute Gasteiger partial charge is 0.146 e. The quantitative estimate of drug-likeness (QED) is 0.765. The van der Waals surface area contributed by atoms with Crippen molar-refractivity contribution < 1.29 is 15.0 Å². The van der Waals surface area contributed by atoms with E-state index in [9.17, 15) is 15.0 Å². The number of halogens is 1. The summed E-state index contributed by atoms with van der Waals surface area (Å²) in [6.45, 7) is 3.81. The molecule has 0 radical (unpaired) electrons. The van der Waals surface area contributed by atoms with Crippen molar-refractivity contribution in [3.05, 3.63) is 35.9 Å². The van der Waals surface area contributed by atoms with E-state index in [1.165, 1.54) is 0 Å². The molecule has 0 spiro atoms. The lowest BCUT2D eigenvalue weighted by Gasteiger charge is -2.22. The van der Waals surface area contributed by atoms with Crippen LogP contribution in [0.25, 0.3) is 0 Å². The monoisotopic (exact) mass is 299 g/mol. The SMILES string of the molecule is CC(C)[C@H](N)C(O)C1C(=O)C1C(O)c1ccccc1.Cl. The molecule has 4 N–H and O–H groups in total. The van der Waals surface area contributed by atoms with E-state index in [1.807, 2.05) is 32.0 Å². The third-order valence-corrected chi connectivity index (χ3v) is 3.95. The fourth-order valence-electron chi connectivity index (χ4n) is 2.50. The van der Waals surface area contributed by atoms with E-state index in [2.05, 4.69) is 0 Å². The summed E-state index contributed by atoms with van der Waals surface area (Å²) in [5, 5.41) is 20.3. The molecule has 1 aromatic rings. The average molecular weight is 300 g/mol. The van der Waals surface area contributed by atoms with Gasteiger partial charge < -0.3 is 15.9 Å². The maximum absolute atomic E-state index is 11.8. The zero-order valence-electron chi connectivity index (χ0n) is 11.6. The minimum Gasteiger partial charge on any atom is -0.391 e. The Balaban J connectivity index is 0.00000200. The van der Waals surface area contributed by atoms with Crippen molar-refractivity contribution in [2.45, 2.75) is 32.1 Å². The molecule has 4 unspecified atom stereocenters. The molecule has 0 aromatic heterocycles. The first kappa shape index (κ1) is 17.1. The average Bonchev–Trinajstić information content (AvgIpc) is 3.08. The van der Waals surface area contributed by atoms with Crippen molar-refractivity contribution in [3.63, 3.8) is 0 Å². The van der Waals surface area contributed by atoms with E-state index in [1.54, 1.807) is 12.1 Å². The first-order valence-electron chi connectivity index (χ1n) is 6.65. The number of hydrogen-bond donors (Lipinski definition) is 3. The summed E-state index contributed by atoms with van der Waals surface area (Å²) in [4.78, 5) is 11.8. The maximum Gasteiger partial charge on any atom is 0.146 e. The highest BCUT2D eigenvalue weighted by atomic mass is 35.5. The second-order valence-electron chi connectivity index (χ2n) is 5.62. The fourth-order valence-corrected chi connectivity index (χ4v) is 2.50. The number of carbonyl (C=O) groups is 1. The normalized spacial score (nSPS) is 25.8. The van der Waals surface area contributed by atoms with Gasteiger partial charge in [-0.25, -0.2) is 0 Å². The van der Waals surface area contributed by atoms with E-state index in [-0.39, 0.29) is 24.1 Å². The third-order valence-electron chi connectivity index (χ3n) is 3.95. The Hall–Kier alpha value is -0.940. The van der Waals surface area contributed by atoms with Crippen LogP contribution < -0.4 is 5.73 Å². The minimum atomic E-state index is -0.879. The van der Waals surface area contributed by atoms with Crippen LogP contribution in [-0.2, 0) is 4.79 Å². The van der Waals surface area contributed by atoms with Gasteiger partial charge in [0.15, 0.2) is 0 Å². The molecule has 0 bridgehead atoms. The number of rotatable bonds is 5. The molecule has 1 aliphatic carbocycles. The van der Waals surface area contributed by atoms with E-state index >= 15 is 0 Å². The number of aliphatic hydroxyl groups is 2. The molecule has 112 valence electrons. The Morgan fingerprint density at radius 1 is 1.10 bits per heavy atom. The maximum atomic E-state index is 11.8. The van der Waals surface area contributed by atoms with Crippen molar-refractivity contribution in [3.8, 4) is 0 Å². The molecular weight excluding hydrogens is 278 g/mol. The number of benzene rings is 1. The minimum absolute atomic E-state index is 0. The molecule has 4 nitrogen and oxygen atoms in total.